The van der Waals surface area contributed by atoms with Gasteiger partial charge in [-0.25, -0.2) is 0 Å². The Morgan fingerprint density at radius 3 is 2.85 bits per heavy atom. The normalized spacial score (nSPS) is 14.8. The number of nitrogens with zero attached hydrogens (tertiary/aromatic N) is 1. The first kappa shape index (κ1) is 17.2. The van der Waals surface area contributed by atoms with Crippen molar-refractivity contribution in [3.8, 4) is 17.6 Å². The van der Waals surface area contributed by atoms with Crippen LogP contribution in [-0.2, 0) is 4.79 Å². The van der Waals surface area contributed by atoms with Gasteiger partial charge in [-0.1, -0.05) is 11.8 Å². The number of hydrogen-bond donors (Lipinski definition) is 3. The van der Waals surface area contributed by atoms with Crippen LogP contribution >= 0.6 is 0 Å². The molecule has 0 saturated heterocycles. The Morgan fingerprint density at radius 2 is 2.19 bits per heavy atom. The van der Waals surface area contributed by atoms with E-state index >= 15 is 0 Å². The topological polar surface area (TPSA) is 135 Å². The molecule has 0 spiro atoms. The zero-order chi connectivity index (χ0) is 18.8. The lowest BCUT2D eigenvalue weighted by atomic mass is 9.89. The molecule has 9 nitrogen and oxygen atoms in total. The molecule has 1 amide bonds. The number of fused-ring (bicyclic) bond motifs is 1. The van der Waals surface area contributed by atoms with Crippen LogP contribution in [0.3, 0.4) is 0 Å². The first-order valence-corrected chi connectivity index (χ1v) is 7.47. The second kappa shape index (κ2) is 6.70. The van der Waals surface area contributed by atoms with Crippen molar-refractivity contribution in [2.24, 2.45) is 0 Å². The van der Waals surface area contributed by atoms with Crippen LogP contribution < -0.4 is 10.1 Å². The largest absolute Gasteiger partial charge is 0.494 e. The molecule has 3 rings (SSSR count). The van der Waals surface area contributed by atoms with Gasteiger partial charge in [0.15, 0.2) is 5.78 Å². The predicted octanol–water partition coefficient (Wildman–Crippen LogP) is 1.19. The average molecular weight is 355 g/mol. The SMILES string of the molecule is COc1cc[nH]c1C(=O)C1C(=O)Nc2ccc([N+](=O)[O-])c(C#CCO)c21. The fraction of sp³-hybridized carbons (Fsp3) is 0.176. The van der Waals surface area contributed by atoms with E-state index in [0.29, 0.717) is 0 Å². The molecular formula is C17H13N3O6. The summed E-state index contributed by atoms with van der Waals surface area (Å²) < 4.78 is 5.09. The number of anilines is 1. The summed E-state index contributed by atoms with van der Waals surface area (Å²) in [4.78, 5) is 38.7. The highest BCUT2D eigenvalue weighted by atomic mass is 16.6. The minimum atomic E-state index is -1.32. The molecule has 1 aliphatic rings. The number of hydrogen-bond acceptors (Lipinski definition) is 6. The van der Waals surface area contributed by atoms with Gasteiger partial charge in [-0.15, -0.1) is 0 Å². The number of methoxy groups -OCH3 is 1. The molecule has 0 saturated carbocycles. The molecule has 1 unspecified atom stereocenters. The molecule has 0 fully saturated rings. The van der Waals surface area contributed by atoms with Crippen LogP contribution in [0.2, 0.25) is 0 Å². The number of nitrogens with one attached hydrogen (secondary N) is 2. The first-order chi connectivity index (χ1) is 12.5. The van der Waals surface area contributed by atoms with E-state index in [2.05, 4.69) is 22.1 Å². The van der Waals surface area contributed by atoms with Gasteiger partial charge in [0.1, 0.15) is 29.5 Å². The minimum absolute atomic E-state index is 0.0769. The van der Waals surface area contributed by atoms with Gasteiger partial charge >= 0.3 is 0 Å². The molecule has 2 heterocycles. The second-order valence-corrected chi connectivity index (χ2v) is 5.35. The number of ketones is 1. The molecule has 1 aliphatic heterocycles. The Bertz CT molecular complexity index is 982. The number of amides is 1. The number of Topliss-reactive ketones (excluding diaryl/α,β-unsaturated/α-hetero) is 1. The van der Waals surface area contributed by atoms with E-state index in [9.17, 15) is 19.7 Å². The zero-order valence-electron chi connectivity index (χ0n) is 13.5. The number of aliphatic hydroxyl groups is 1. The van der Waals surface area contributed by atoms with Crippen molar-refractivity contribution in [1.29, 1.82) is 0 Å². The molecule has 0 aliphatic carbocycles. The lowest BCUT2D eigenvalue weighted by molar-refractivity contribution is -0.385. The van der Waals surface area contributed by atoms with Crippen molar-refractivity contribution >= 4 is 23.1 Å². The summed E-state index contributed by atoms with van der Waals surface area (Å²) in [7, 11) is 1.38. The van der Waals surface area contributed by atoms with E-state index in [1.54, 1.807) is 0 Å². The van der Waals surface area contributed by atoms with Gasteiger partial charge in [0, 0.05) is 23.5 Å². The van der Waals surface area contributed by atoms with Crippen LogP contribution in [0, 0.1) is 22.0 Å². The second-order valence-electron chi connectivity index (χ2n) is 5.35. The summed E-state index contributed by atoms with van der Waals surface area (Å²) in [6.45, 7) is -0.523. The number of carbonyl (C=O) groups is 2. The zero-order valence-corrected chi connectivity index (χ0v) is 13.5. The summed E-state index contributed by atoms with van der Waals surface area (Å²) in [6, 6.07) is 4.08. The van der Waals surface area contributed by atoms with Crippen LogP contribution in [0.5, 0.6) is 5.75 Å². The first-order valence-electron chi connectivity index (χ1n) is 7.47. The highest BCUT2D eigenvalue weighted by Gasteiger charge is 2.42. The lowest BCUT2D eigenvalue weighted by Crippen LogP contribution is -2.22. The van der Waals surface area contributed by atoms with Crippen molar-refractivity contribution in [3.63, 3.8) is 0 Å². The molecule has 0 radical (unpaired) electrons. The molecule has 1 aromatic heterocycles. The predicted molar refractivity (Wildman–Crippen MR) is 90.1 cm³/mol. The number of ether oxygens (including phenoxy) is 1. The van der Waals surface area contributed by atoms with Gasteiger partial charge in [-0.3, -0.25) is 19.7 Å². The van der Waals surface area contributed by atoms with E-state index in [1.807, 2.05) is 0 Å². The number of aromatic amines is 1. The third kappa shape index (κ3) is 2.68. The van der Waals surface area contributed by atoms with Gasteiger partial charge in [0.25, 0.3) is 5.69 Å². The smallest absolute Gasteiger partial charge is 0.285 e. The quantitative estimate of drug-likeness (QED) is 0.248. The number of aliphatic hydroxyl groups excluding tert-OH is 1. The number of H-pyrrole nitrogens is 1. The third-order valence-corrected chi connectivity index (χ3v) is 3.96. The lowest BCUT2D eigenvalue weighted by Gasteiger charge is -2.10. The molecule has 3 N–H and O–H groups in total. The van der Waals surface area contributed by atoms with Crippen molar-refractivity contribution in [2.45, 2.75) is 5.92 Å². The van der Waals surface area contributed by atoms with Crippen LogP contribution in [0.15, 0.2) is 24.4 Å². The molecule has 1 aromatic carbocycles. The number of benzene rings is 1. The van der Waals surface area contributed by atoms with Gasteiger partial charge in [0.05, 0.1) is 12.0 Å². The van der Waals surface area contributed by atoms with Gasteiger partial charge in [-0.05, 0) is 12.1 Å². The number of aromatic nitrogens is 1. The Kier molecular flexibility index (Phi) is 4.43. The summed E-state index contributed by atoms with van der Waals surface area (Å²) in [5, 5.41) is 22.8. The van der Waals surface area contributed by atoms with Crippen molar-refractivity contribution in [1.82, 2.24) is 4.98 Å². The maximum absolute atomic E-state index is 12.9. The van der Waals surface area contributed by atoms with Crippen molar-refractivity contribution < 1.29 is 24.4 Å². The summed E-state index contributed by atoms with van der Waals surface area (Å²) in [5.41, 5.74) is 0.0350. The molecule has 9 heteroatoms. The highest BCUT2D eigenvalue weighted by molar-refractivity contribution is 6.22. The van der Waals surface area contributed by atoms with Gasteiger partial charge in [-0.2, -0.15) is 0 Å². The molecule has 26 heavy (non-hydrogen) atoms. The maximum Gasteiger partial charge on any atom is 0.285 e. The molecule has 2 aromatic rings. The van der Waals surface area contributed by atoms with E-state index in [1.165, 1.54) is 31.5 Å². The van der Waals surface area contributed by atoms with Gasteiger partial charge < -0.3 is 20.1 Å². The van der Waals surface area contributed by atoms with Gasteiger partial charge in [0.2, 0.25) is 5.91 Å². The molecule has 132 valence electrons. The molecule has 1 atom stereocenters. The Balaban J connectivity index is 2.20. The van der Waals surface area contributed by atoms with E-state index in [4.69, 9.17) is 9.84 Å². The average Bonchev–Trinajstić information content (AvgIpc) is 3.22. The Hall–Kier alpha value is -3.64. The van der Waals surface area contributed by atoms with Crippen LogP contribution in [-0.4, -0.2) is 40.4 Å². The van der Waals surface area contributed by atoms with Crippen LogP contribution in [0.25, 0.3) is 0 Å². The third-order valence-electron chi connectivity index (χ3n) is 3.96. The summed E-state index contributed by atoms with van der Waals surface area (Å²) >= 11 is 0. The van der Waals surface area contributed by atoms with E-state index in [-0.39, 0.29) is 33.9 Å². The Labute approximate surface area is 147 Å². The number of carbonyl (C=O) groups excluding carboxylic acids is 2. The van der Waals surface area contributed by atoms with Crippen LogP contribution in [0.4, 0.5) is 11.4 Å². The molecular weight excluding hydrogens is 342 g/mol. The fourth-order valence-corrected chi connectivity index (χ4v) is 2.88. The Morgan fingerprint density at radius 1 is 1.42 bits per heavy atom. The minimum Gasteiger partial charge on any atom is -0.494 e. The number of nitro groups is 1. The fourth-order valence-electron chi connectivity index (χ4n) is 2.88. The number of rotatable bonds is 4. The summed E-state index contributed by atoms with van der Waals surface area (Å²) in [6.07, 6.45) is 1.49. The standard InChI is InChI=1S/C17H13N3O6/c1-26-12-6-7-18-15(12)16(22)14-13-9(3-2-8-21)11(20(24)25)5-4-10(13)19-17(14)23/h4-7,14,18,21H,8H2,1H3,(H,19,23). The van der Waals surface area contributed by atoms with Crippen molar-refractivity contribution in [2.75, 3.05) is 19.0 Å². The van der Waals surface area contributed by atoms with E-state index in [0.717, 1.165) is 0 Å². The molecule has 0 bridgehead atoms. The highest BCUT2D eigenvalue weighted by Crippen LogP contribution is 2.41. The number of nitro benzene ring substituents is 1. The van der Waals surface area contributed by atoms with Crippen LogP contribution in [0.1, 0.15) is 27.5 Å². The summed E-state index contributed by atoms with van der Waals surface area (Å²) in [5.74, 6) is 2.55. The van der Waals surface area contributed by atoms with Crippen molar-refractivity contribution in [3.05, 3.63) is 51.3 Å². The monoisotopic (exact) mass is 355 g/mol. The maximum atomic E-state index is 12.9. The van der Waals surface area contributed by atoms with E-state index < -0.39 is 29.1 Å².